The molecule has 0 saturated carbocycles. The molecule has 9 heteroatoms. The molecule has 154 valence electrons. The van der Waals surface area contributed by atoms with Gasteiger partial charge in [0.15, 0.2) is 21.5 Å². The predicted molar refractivity (Wildman–Crippen MR) is 115 cm³/mol. The summed E-state index contributed by atoms with van der Waals surface area (Å²) in [5.41, 5.74) is 7.84. The SMILES string of the molecule is NC(=O)Cc1ccc(Nc2nc(-c3cccc(Cl)c3)nc3c2S(=O)(=O)CCC3)cc1. The van der Waals surface area contributed by atoms with Crippen LogP contribution >= 0.6 is 11.6 Å². The molecule has 0 unspecified atom stereocenters. The second-order valence-corrected chi connectivity index (χ2v) is 9.55. The molecule has 0 radical (unpaired) electrons. The summed E-state index contributed by atoms with van der Waals surface area (Å²) in [6.45, 7) is 0. The first kappa shape index (κ1) is 20.3. The number of anilines is 2. The van der Waals surface area contributed by atoms with Gasteiger partial charge in [-0.1, -0.05) is 35.9 Å². The van der Waals surface area contributed by atoms with Gasteiger partial charge in [0.1, 0.15) is 4.90 Å². The van der Waals surface area contributed by atoms with E-state index in [1.807, 2.05) is 6.07 Å². The first-order chi connectivity index (χ1) is 14.3. The smallest absolute Gasteiger partial charge is 0.221 e. The topological polar surface area (TPSA) is 115 Å². The Balaban J connectivity index is 1.79. The number of aryl methyl sites for hydroxylation is 1. The molecule has 4 rings (SSSR count). The Hall–Kier alpha value is -2.97. The van der Waals surface area contributed by atoms with Gasteiger partial charge in [0, 0.05) is 16.3 Å². The zero-order chi connectivity index (χ0) is 21.3. The van der Waals surface area contributed by atoms with Crippen LogP contribution in [-0.2, 0) is 27.5 Å². The Morgan fingerprint density at radius 1 is 1.13 bits per heavy atom. The maximum atomic E-state index is 12.8. The summed E-state index contributed by atoms with van der Waals surface area (Å²) >= 11 is 6.10. The summed E-state index contributed by atoms with van der Waals surface area (Å²) in [7, 11) is -3.50. The summed E-state index contributed by atoms with van der Waals surface area (Å²) in [6.07, 6.45) is 1.20. The monoisotopic (exact) mass is 442 g/mol. The average Bonchev–Trinajstić information content (AvgIpc) is 2.68. The van der Waals surface area contributed by atoms with E-state index in [1.54, 1.807) is 42.5 Å². The second-order valence-electron chi connectivity index (χ2n) is 7.07. The Kier molecular flexibility index (Phi) is 5.44. The highest BCUT2D eigenvalue weighted by Gasteiger charge is 2.30. The maximum Gasteiger partial charge on any atom is 0.221 e. The highest BCUT2D eigenvalue weighted by molar-refractivity contribution is 7.91. The highest BCUT2D eigenvalue weighted by atomic mass is 35.5. The minimum atomic E-state index is -3.50. The lowest BCUT2D eigenvalue weighted by atomic mass is 10.1. The van der Waals surface area contributed by atoms with Crippen LogP contribution < -0.4 is 11.1 Å². The van der Waals surface area contributed by atoms with E-state index >= 15 is 0 Å². The van der Waals surface area contributed by atoms with Crippen molar-refractivity contribution in [3.05, 3.63) is 64.8 Å². The number of rotatable bonds is 5. The fraction of sp³-hybridized carbons (Fsp3) is 0.190. The van der Waals surface area contributed by atoms with Crippen molar-refractivity contribution in [3.8, 4) is 11.4 Å². The molecule has 0 aliphatic carbocycles. The van der Waals surface area contributed by atoms with Gasteiger partial charge in [0.2, 0.25) is 5.91 Å². The van der Waals surface area contributed by atoms with Crippen LogP contribution in [0, 0.1) is 0 Å². The number of sulfone groups is 1. The lowest BCUT2D eigenvalue weighted by Gasteiger charge is -2.20. The average molecular weight is 443 g/mol. The number of nitrogens with zero attached hydrogens (tertiary/aromatic N) is 2. The Bertz CT molecular complexity index is 1230. The molecule has 0 fully saturated rings. The van der Waals surface area contributed by atoms with E-state index in [4.69, 9.17) is 17.3 Å². The molecule has 2 heterocycles. The van der Waals surface area contributed by atoms with Crippen LogP contribution in [-0.4, -0.2) is 30.0 Å². The Labute approximate surface area is 179 Å². The van der Waals surface area contributed by atoms with Crippen molar-refractivity contribution >= 4 is 38.9 Å². The molecule has 1 aliphatic rings. The number of hydrogen-bond acceptors (Lipinski definition) is 6. The minimum absolute atomic E-state index is 0.0616. The molecule has 1 aromatic heterocycles. The van der Waals surface area contributed by atoms with Gasteiger partial charge in [-0.2, -0.15) is 0 Å². The third kappa shape index (κ3) is 4.29. The van der Waals surface area contributed by atoms with Crippen molar-refractivity contribution in [1.82, 2.24) is 9.97 Å². The van der Waals surface area contributed by atoms with Gasteiger partial charge < -0.3 is 11.1 Å². The van der Waals surface area contributed by atoms with E-state index in [9.17, 15) is 13.2 Å². The van der Waals surface area contributed by atoms with Crippen LogP contribution in [0.5, 0.6) is 0 Å². The van der Waals surface area contributed by atoms with Crippen molar-refractivity contribution in [2.75, 3.05) is 11.1 Å². The molecule has 0 saturated heterocycles. The number of nitrogens with one attached hydrogen (secondary N) is 1. The molecule has 0 atom stereocenters. The van der Waals surface area contributed by atoms with Gasteiger partial charge in [0.05, 0.1) is 17.9 Å². The first-order valence-corrected chi connectivity index (χ1v) is 11.4. The fourth-order valence-corrected chi connectivity index (χ4v) is 5.23. The molecule has 30 heavy (non-hydrogen) atoms. The molecule has 1 amide bonds. The summed E-state index contributed by atoms with van der Waals surface area (Å²) in [5, 5.41) is 3.66. The molecular formula is C21H19ClN4O3S. The summed E-state index contributed by atoms with van der Waals surface area (Å²) < 4.78 is 25.5. The number of nitrogens with two attached hydrogens (primary N) is 1. The van der Waals surface area contributed by atoms with Gasteiger partial charge in [-0.25, -0.2) is 18.4 Å². The van der Waals surface area contributed by atoms with E-state index in [0.29, 0.717) is 40.6 Å². The number of aromatic nitrogens is 2. The highest BCUT2D eigenvalue weighted by Crippen LogP contribution is 2.33. The van der Waals surface area contributed by atoms with Gasteiger partial charge in [-0.15, -0.1) is 0 Å². The van der Waals surface area contributed by atoms with Gasteiger partial charge >= 0.3 is 0 Å². The van der Waals surface area contributed by atoms with Crippen LogP contribution in [0.4, 0.5) is 11.5 Å². The van der Waals surface area contributed by atoms with E-state index in [2.05, 4.69) is 15.3 Å². The summed E-state index contributed by atoms with van der Waals surface area (Å²) in [4.78, 5) is 20.3. The number of fused-ring (bicyclic) bond motifs is 1. The Morgan fingerprint density at radius 3 is 2.60 bits per heavy atom. The number of carbonyl (C=O) groups is 1. The lowest BCUT2D eigenvalue weighted by Crippen LogP contribution is -2.20. The maximum absolute atomic E-state index is 12.8. The third-order valence-electron chi connectivity index (χ3n) is 4.75. The van der Waals surface area contributed by atoms with Crippen molar-refractivity contribution in [3.63, 3.8) is 0 Å². The van der Waals surface area contributed by atoms with Crippen LogP contribution in [0.25, 0.3) is 11.4 Å². The van der Waals surface area contributed by atoms with Crippen LogP contribution in [0.2, 0.25) is 5.02 Å². The summed E-state index contributed by atoms with van der Waals surface area (Å²) in [6, 6.07) is 14.1. The zero-order valence-corrected chi connectivity index (χ0v) is 17.5. The van der Waals surface area contributed by atoms with Crippen molar-refractivity contribution in [2.24, 2.45) is 5.73 Å². The van der Waals surface area contributed by atoms with E-state index in [1.165, 1.54) is 0 Å². The van der Waals surface area contributed by atoms with Crippen LogP contribution in [0.1, 0.15) is 17.7 Å². The predicted octanol–water partition coefficient (Wildman–Crippen LogP) is 3.29. The minimum Gasteiger partial charge on any atom is -0.369 e. The number of primary amides is 1. The largest absolute Gasteiger partial charge is 0.369 e. The molecule has 2 aromatic carbocycles. The van der Waals surface area contributed by atoms with Crippen molar-refractivity contribution in [2.45, 2.75) is 24.2 Å². The zero-order valence-electron chi connectivity index (χ0n) is 15.9. The fourth-order valence-electron chi connectivity index (χ4n) is 3.41. The number of amides is 1. The number of carbonyl (C=O) groups excluding carboxylic acids is 1. The molecule has 0 bridgehead atoms. The van der Waals surface area contributed by atoms with Gasteiger partial charge in [-0.05, 0) is 42.7 Å². The van der Waals surface area contributed by atoms with E-state index in [-0.39, 0.29) is 22.9 Å². The normalized spacial score (nSPS) is 14.7. The first-order valence-electron chi connectivity index (χ1n) is 9.36. The standard InChI is InChI=1S/C21H19ClN4O3S/c22-15-4-1-3-14(12-15)20-25-17-5-2-10-30(28,29)19(17)21(26-20)24-16-8-6-13(7-9-16)11-18(23)27/h1,3-4,6-9,12H,2,5,10-11H2,(H2,23,27)(H,24,25,26). The van der Waals surface area contributed by atoms with Gasteiger partial charge in [0.25, 0.3) is 0 Å². The quantitative estimate of drug-likeness (QED) is 0.626. The molecule has 1 aliphatic heterocycles. The molecule has 3 N–H and O–H groups in total. The number of halogens is 1. The molecule has 3 aromatic rings. The lowest BCUT2D eigenvalue weighted by molar-refractivity contribution is -0.117. The van der Waals surface area contributed by atoms with Gasteiger partial charge in [-0.3, -0.25) is 4.79 Å². The molecule has 0 spiro atoms. The van der Waals surface area contributed by atoms with Crippen LogP contribution in [0.15, 0.2) is 53.4 Å². The second kappa shape index (κ2) is 8.04. The third-order valence-corrected chi connectivity index (χ3v) is 6.86. The van der Waals surface area contributed by atoms with Crippen molar-refractivity contribution < 1.29 is 13.2 Å². The Morgan fingerprint density at radius 2 is 1.90 bits per heavy atom. The molecule has 7 nitrogen and oxygen atoms in total. The van der Waals surface area contributed by atoms with E-state index < -0.39 is 15.7 Å². The van der Waals surface area contributed by atoms with Crippen molar-refractivity contribution in [1.29, 1.82) is 0 Å². The number of hydrogen-bond donors (Lipinski definition) is 2. The summed E-state index contributed by atoms with van der Waals surface area (Å²) in [5.74, 6) is 0.280. The number of benzene rings is 2. The van der Waals surface area contributed by atoms with E-state index in [0.717, 1.165) is 5.56 Å². The van der Waals surface area contributed by atoms with Crippen LogP contribution in [0.3, 0.4) is 0 Å². The molecular weight excluding hydrogens is 424 g/mol.